The lowest BCUT2D eigenvalue weighted by Crippen LogP contribution is -2.45. The van der Waals surface area contributed by atoms with E-state index in [1.807, 2.05) is 19.1 Å². The van der Waals surface area contributed by atoms with E-state index in [1.165, 1.54) is 6.42 Å². The van der Waals surface area contributed by atoms with Gasteiger partial charge in [-0.25, -0.2) is 0 Å². The highest BCUT2D eigenvalue weighted by Gasteiger charge is 2.36. The summed E-state index contributed by atoms with van der Waals surface area (Å²) < 4.78 is 7.31. The van der Waals surface area contributed by atoms with Gasteiger partial charge in [0.05, 0.1) is 5.60 Å². The van der Waals surface area contributed by atoms with Crippen LogP contribution in [0.4, 0.5) is 5.82 Å². The monoisotopic (exact) mass is 247 g/mol. The number of nitrogens with one attached hydrogen (secondary N) is 1. The molecule has 0 atom stereocenters. The lowest BCUT2D eigenvalue weighted by atomic mass is 9.80. The summed E-state index contributed by atoms with van der Waals surface area (Å²) in [7, 11) is 1.78. The molecule has 1 N–H and O–H groups in total. The highest BCUT2D eigenvalue weighted by atomic mass is 16.5. The molecule has 2 aromatic rings. The summed E-state index contributed by atoms with van der Waals surface area (Å²) in [4.78, 5) is 0. The van der Waals surface area contributed by atoms with Crippen molar-refractivity contribution in [3.63, 3.8) is 0 Å². The second-order valence-electron chi connectivity index (χ2n) is 4.83. The maximum atomic E-state index is 5.57. The van der Waals surface area contributed by atoms with Crippen molar-refractivity contribution in [1.82, 2.24) is 19.8 Å². The number of hydrogen-bond donors (Lipinski definition) is 1. The zero-order chi connectivity index (χ0) is 12.6. The molecule has 2 aromatic heterocycles. The van der Waals surface area contributed by atoms with Gasteiger partial charge < -0.3 is 10.1 Å². The van der Waals surface area contributed by atoms with Crippen LogP contribution < -0.4 is 5.32 Å². The van der Waals surface area contributed by atoms with E-state index < -0.39 is 0 Å². The van der Waals surface area contributed by atoms with E-state index >= 15 is 0 Å². The van der Waals surface area contributed by atoms with Crippen molar-refractivity contribution in [3.8, 4) is 0 Å². The van der Waals surface area contributed by atoms with Crippen LogP contribution in [0.1, 0.15) is 25.1 Å². The van der Waals surface area contributed by atoms with Crippen molar-refractivity contribution < 1.29 is 4.74 Å². The Hall–Kier alpha value is -1.69. The second kappa shape index (κ2) is 4.20. The minimum atomic E-state index is -0.00112. The van der Waals surface area contributed by atoms with E-state index in [0.29, 0.717) is 0 Å². The molecule has 0 bridgehead atoms. The van der Waals surface area contributed by atoms with Gasteiger partial charge in [0.2, 0.25) is 0 Å². The molecule has 96 valence electrons. The van der Waals surface area contributed by atoms with Gasteiger partial charge in [0.15, 0.2) is 11.5 Å². The van der Waals surface area contributed by atoms with Gasteiger partial charge in [0, 0.05) is 13.7 Å². The zero-order valence-electron chi connectivity index (χ0n) is 10.7. The maximum absolute atomic E-state index is 5.57. The zero-order valence-corrected chi connectivity index (χ0v) is 10.7. The number of anilines is 1. The van der Waals surface area contributed by atoms with Gasteiger partial charge in [-0.2, -0.15) is 4.52 Å². The smallest absolute Gasteiger partial charge is 0.178 e. The van der Waals surface area contributed by atoms with Crippen molar-refractivity contribution in [1.29, 1.82) is 0 Å². The average Bonchev–Trinajstić information content (AvgIpc) is 2.70. The number of hydrogen-bond acceptors (Lipinski definition) is 5. The van der Waals surface area contributed by atoms with Gasteiger partial charge in [-0.3, -0.25) is 0 Å². The van der Waals surface area contributed by atoms with Crippen LogP contribution in [0.2, 0.25) is 0 Å². The number of aryl methyl sites for hydroxylation is 1. The van der Waals surface area contributed by atoms with Crippen LogP contribution in [0, 0.1) is 6.92 Å². The Labute approximate surface area is 105 Å². The molecule has 0 saturated heterocycles. The summed E-state index contributed by atoms with van der Waals surface area (Å²) in [5.41, 5.74) is 0.766. The van der Waals surface area contributed by atoms with Crippen LogP contribution in [0.3, 0.4) is 0 Å². The van der Waals surface area contributed by atoms with Gasteiger partial charge >= 0.3 is 0 Å². The van der Waals surface area contributed by atoms with E-state index in [-0.39, 0.29) is 5.60 Å². The molecule has 0 aliphatic heterocycles. The van der Waals surface area contributed by atoms with Crippen LogP contribution in [0.5, 0.6) is 0 Å². The molecule has 2 heterocycles. The summed E-state index contributed by atoms with van der Waals surface area (Å²) in [6.45, 7) is 2.68. The number of fused-ring (bicyclic) bond motifs is 1. The number of methoxy groups -OCH3 is 1. The molecule has 0 aromatic carbocycles. The fourth-order valence-electron chi connectivity index (χ4n) is 2.27. The second-order valence-corrected chi connectivity index (χ2v) is 4.83. The average molecular weight is 247 g/mol. The molecule has 1 aliphatic rings. The SMILES string of the molecule is COC1(CNc2ccc3nnc(C)n3n2)CCC1. The molecule has 0 radical (unpaired) electrons. The van der Waals surface area contributed by atoms with E-state index in [2.05, 4.69) is 20.6 Å². The topological polar surface area (TPSA) is 64.3 Å². The van der Waals surface area contributed by atoms with Crippen LogP contribution in [0.15, 0.2) is 12.1 Å². The summed E-state index contributed by atoms with van der Waals surface area (Å²) in [6, 6.07) is 3.83. The predicted octanol–water partition coefficient (Wildman–Crippen LogP) is 1.41. The quantitative estimate of drug-likeness (QED) is 0.885. The Morgan fingerprint density at radius 1 is 1.39 bits per heavy atom. The third kappa shape index (κ3) is 1.82. The van der Waals surface area contributed by atoms with Crippen LogP contribution in [0.25, 0.3) is 5.65 Å². The van der Waals surface area contributed by atoms with Gasteiger partial charge in [-0.05, 0) is 38.3 Å². The molecule has 1 saturated carbocycles. The molecule has 0 unspecified atom stereocenters. The van der Waals surface area contributed by atoms with Gasteiger partial charge in [-0.15, -0.1) is 15.3 Å². The highest BCUT2D eigenvalue weighted by molar-refractivity contribution is 5.44. The standard InChI is InChI=1S/C12H17N5O/c1-9-14-15-11-5-4-10(16-17(9)11)13-8-12(18-2)6-3-7-12/h4-5H,3,6-8H2,1-2H3,(H,13,16). The molecule has 6 heteroatoms. The minimum absolute atomic E-state index is 0.00112. The molecule has 18 heavy (non-hydrogen) atoms. The van der Waals surface area contributed by atoms with Gasteiger partial charge in [0.1, 0.15) is 5.82 Å². The molecule has 0 amide bonds. The van der Waals surface area contributed by atoms with Crippen LogP contribution in [-0.2, 0) is 4.74 Å². The number of aromatic nitrogens is 4. The molecule has 1 fully saturated rings. The first kappa shape index (κ1) is 11.4. The van der Waals surface area contributed by atoms with Gasteiger partial charge in [0.25, 0.3) is 0 Å². The Kier molecular flexibility index (Phi) is 2.66. The van der Waals surface area contributed by atoms with Crippen molar-refractivity contribution >= 4 is 11.5 Å². The first-order valence-corrected chi connectivity index (χ1v) is 6.21. The molecular weight excluding hydrogens is 230 g/mol. The minimum Gasteiger partial charge on any atom is -0.376 e. The summed E-state index contributed by atoms with van der Waals surface area (Å²) in [5.74, 6) is 1.62. The molecule has 3 rings (SSSR count). The van der Waals surface area contributed by atoms with Crippen LogP contribution >= 0.6 is 0 Å². The third-order valence-corrected chi connectivity index (χ3v) is 3.71. The normalized spacial score (nSPS) is 17.7. The first-order valence-electron chi connectivity index (χ1n) is 6.21. The Morgan fingerprint density at radius 2 is 2.22 bits per heavy atom. The van der Waals surface area contributed by atoms with Crippen molar-refractivity contribution in [2.24, 2.45) is 0 Å². The fraction of sp³-hybridized carbons (Fsp3) is 0.583. The fourth-order valence-corrected chi connectivity index (χ4v) is 2.27. The lowest BCUT2D eigenvalue weighted by Gasteiger charge is -2.40. The Balaban J connectivity index is 1.76. The number of ether oxygens (including phenoxy) is 1. The molecular formula is C12H17N5O. The molecule has 1 aliphatic carbocycles. The lowest BCUT2D eigenvalue weighted by molar-refractivity contribution is -0.0601. The van der Waals surface area contributed by atoms with Crippen LogP contribution in [-0.4, -0.2) is 39.1 Å². The Morgan fingerprint density at radius 3 is 2.89 bits per heavy atom. The van der Waals surface area contributed by atoms with Crippen molar-refractivity contribution in [2.45, 2.75) is 31.8 Å². The van der Waals surface area contributed by atoms with E-state index in [9.17, 15) is 0 Å². The maximum Gasteiger partial charge on any atom is 0.178 e. The number of rotatable bonds is 4. The summed E-state index contributed by atoms with van der Waals surface area (Å²) >= 11 is 0. The largest absolute Gasteiger partial charge is 0.376 e. The van der Waals surface area contributed by atoms with Crippen molar-refractivity contribution in [2.75, 3.05) is 19.0 Å². The van der Waals surface area contributed by atoms with Crippen molar-refractivity contribution in [3.05, 3.63) is 18.0 Å². The molecule has 0 spiro atoms. The molecule has 6 nitrogen and oxygen atoms in total. The van der Waals surface area contributed by atoms with E-state index in [4.69, 9.17) is 4.74 Å². The van der Waals surface area contributed by atoms with Gasteiger partial charge in [-0.1, -0.05) is 0 Å². The first-order chi connectivity index (χ1) is 8.72. The predicted molar refractivity (Wildman–Crippen MR) is 67.6 cm³/mol. The number of nitrogens with zero attached hydrogens (tertiary/aromatic N) is 4. The van der Waals surface area contributed by atoms with E-state index in [0.717, 1.165) is 36.7 Å². The van der Waals surface area contributed by atoms with E-state index in [1.54, 1.807) is 11.6 Å². The third-order valence-electron chi connectivity index (χ3n) is 3.71. The highest BCUT2D eigenvalue weighted by Crippen LogP contribution is 2.34. The summed E-state index contributed by atoms with van der Waals surface area (Å²) in [6.07, 6.45) is 3.47. The Bertz CT molecular complexity index is 555. The summed E-state index contributed by atoms with van der Waals surface area (Å²) in [5, 5.41) is 15.8.